The van der Waals surface area contributed by atoms with Crippen LogP contribution in [-0.2, 0) is 14.3 Å². The number of esters is 1. The molecular weight excluding hydrogens is 278 g/mol. The summed E-state index contributed by atoms with van der Waals surface area (Å²) in [6.07, 6.45) is 1.15. The molecule has 0 aliphatic carbocycles. The number of urea groups is 1. The van der Waals surface area contributed by atoms with Gasteiger partial charge < -0.3 is 19.4 Å². The number of hydrogen-bond donors (Lipinski definition) is 1. The summed E-state index contributed by atoms with van der Waals surface area (Å²) < 4.78 is 4.66. The van der Waals surface area contributed by atoms with Crippen molar-refractivity contribution in [1.29, 1.82) is 0 Å². The predicted molar refractivity (Wildman–Crippen MR) is 70.6 cm³/mol. The lowest BCUT2D eigenvalue weighted by molar-refractivity contribution is -0.140. The van der Waals surface area contributed by atoms with Crippen molar-refractivity contribution < 1.29 is 19.1 Å². The third kappa shape index (κ3) is 1.84. The number of rotatable bonds is 2. The first-order valence-electron chi connectivity index (χ1n) is 6.40. The first kappa shape index (κ1) is 13.4. The Morgan fingerprint density at radius 3 is 2.86 bits per heavy atom. The molecule has 9 heteroatoms. The van der Waals surface area contributed by atoms with Gasteiger partial charge in [0.15, 0.2) is 12.2 Å². The number of aliphatic imine (C=N–C) groups is 1. The van der Waals surface area contributed by atoms with E-state index in [1.165, 1.54) is 12.0 Å². The van der Waals surface area contributed by atoms with Gasteiger partial charge in [0.2, 0.25) is 5.96 Å². The Bertz CT molecular complexity index is 598. The molecule has 1 fully saturated rings. The fourth-order valence-electron chi connectivity index (χ4n) is 2.64. The summed E-state index contributed by atoms with van der Waals surface area (Å²) in [6.45, 7) is 1.82. The average molecular weight is 293 g/mol. The van der Waals surface area contributed by atoms with Crippen LogP contribution in [0, 0.1) is 0 Å². The molecule has 9 nitrogen and oxygen atoms in total. The number of nitrogens with one attached hydrogen (secondary N) is 1. The zero-order valence-corrected chi connectivity index (χ0v) is 11.9. The second-order valence-electron chi connectivity index (χ2n) is 5.03. The number of guanidine groups is 1. The average Bonchev–Trinajstić information content (AvgIpc) is 2.93. The number of ether oxygens (including phenoxy) is 1. The van der Waals surface area contributed by atoms with E-state index in [-0.39, 0.29) is 6.54 Å². The number of allylic oxidation sites excluding steroid dienone is 1. The van der Waals surface area contributed by atoms with Gasteiger partial charge in [-0.05, 0) is 6.92 Å². The van der Waals surface area contributed by atoms with E-state index in [9.17, 15) is 14.4 Å². The van der Waals surface area contributed by atoms with E-state index in [4.69, 9.17) is 0 Å². The maximum atomic E-state index is 12.1. The molecule has 0 aromatic heterocycles. The Morgan fingerprint density at radius 2 is 2.19 bits per heavy atom. The summed E-state index contributed by atoms with van der Waals surface area (Å²) in [7, 11) is 2.89. The zero-order valence-electron chi connectivity index (χ0n) is 11.9. The van der Waals surface area contributed by atoms with Gasteiger partial charge in [-0.2, -0.15) is 0 Å². The van der Waals surface area contributed by atoms with E-state index >= 15 is 0 Å². The molecular formula is C12H15N5O4. The van der Waals surface area contributed by atoms with Crippen LogP contribution in [0.15, 0.2) is 16.9 Å². The van der Waals surface area contributed by atoms with Crippen LogP contribution < -0.4 is 5.32 Å². The van der Waals surface area contributed by atoms with E-state index in [2.05, 4.69) is 15.0 Å². The van der Waals surface area contributed by atoms with Crippen LogP contribution in [0.5, 0.6) is 0 Å². The minimum absolute atomic E-state index is 0.00683. The Balaban J connectivity index is 1.92. The summed E-state index contributed by atoms with van der Waals surface area (Å²) in [5.74, 6) is -0.327. The molecule has 21 heavy (non-hydrogen) atoms. The maximum absolute atomic E-state index is 12.1. The predicted octanol–water partition coefficient (Wildman–Crippen LogP) is -1.12. The van der Waals surface area contributed by atoms with Crippen LogP contribution in [0.2, 0.25) is 0 Å². The van der Waals surface area contributed by atoms with Crippen LogP contribution in [0.25, 0.3) is 0 Å². The monoisotopic (exact) mass is 293 g/mol. The third-order valence-corrected chi connectivity index (χ3v) is 3.78. The molecule has 3 amide bonds. The van der Waals surface area contributed by atoms with Gasteiger partial charge in [-0.3, -0.25) is 14.9 Å². The van der Waals surface area contributed by atoms with Gasteiger partial charge in [-0.25, -0.2) is 9.79 Å². The van der Waals surface area contributed by atoms with Crippen LogP contribution >= 0.6 is 0 Å². The molecule has 0 saturated carbocycles. The second kappa shape index (κ2) is 4.47. The molecule has 3 aliphatic heterocycles. The Labute approximate surface area is 120 Å². The Morgan fingerprint density at radius 1 is 1.48 bits per heavy atom. The standard InChI is InChI=1S/C12H15N5O4/c1-6-4-17-8-9(15(2)12(20)14-10(8)19)13-11(17)16(6)5-7(18)21-3/h4,8-9H,5H2,1-3H3,(H,14,19,20). The molecule has 1 saturated heterocycles. The molecule has 3 rings (SSSR count). The highest BCUT2D eigenvalue weighted by Crippen LogP contribution is 2.31. The summed E-state index contributed by atoms with van der Waals surface area (Å²) in [5.41, 5.74) is 0.782. The van der Waals surface area contributed by atoms with Crippen molar-refractivity contribution in [1.82, 2.24) is 20.0 Å². The van der Waals surface area contributed by atoms with Crippen LogP contribution in [0.4, 0.5) is 4.79 Å². The lowest BCUT2D eigenvalue weighted by Crippen LogP contribution is -2.62. The van der Waals surface area contributed by atoms with E-state index in [1.807, 2.05) is 6.92 Å². The van der Waals surface area contributed by atoms with E-state index in [0.29, 0.717) is 5.96 Å². The van der Waals surface area contributed by atoms with Gasteiger partial charge in [0.05, 0.1) is 7.11 Å². The van der Waals surface area contributed by atoms with E-state index < -0.39 is 30.1 Å². The number of fused-ring (bicyclic) bond motifs is 3. The first-order valence-corrected chi connectivity index (χ1v) is 6.40. The SMILES string of the molecule is COC(=O)CN1C(C)=CN2C1=NC1C2C(=O)NC(=O)N1C. The number of carbonyl (C=O) groups excluding carboxylic acids is 3. The van der Waals surface area contributed by atoms with Crippen molar-refractivity contribution in [3.63, 3.8) is 0 Å². The van der Waals surface area contributed by atoms with Crippen molar-refractivity contribution in [3.05, 3.63) is 11.9 Å². The lowest BCUT2D eigenvalue weighted by Gasteiger charge is -2.34. The number of amides is 3. The van der Waals surface area contributed by atoms with Gasteiger partial charge in [-0.1, -0.05) is 0 Å². The van der Waals surface area contributed by atoms with Crippen LogP contribution in [0.1, 0.15) is 6.92 Å². The normalized spacial score (nSPS) is 27.1. The third-order valence-electron chi connectivity index (χ3n) is 3.78. The largest absolute Gasteiger partial charge is 0.468 e. The molecule has 0 aromatic carbocycles. The molecule has 2 unspecified atom stereocenters. The van der Waals surface area contributed by atoms with Gasteiger partial charge in [0.1, 0.15) is 6.54 Å². The molecule has 1 N–H and O–H groups in total. The van der Waals surface area contributed by atoms with Crippen LogP contribution in [0.3, 0.4) is 0 Å². The van der Waals surface area contributed by atoms with Crippen molar-refractivity contribution in [3.8, 4) is 0 Å². The van der Waals surface area contributed by atoms with Crippen molar-refractivity contribution in [2.45, 2.75) is 19.1 Å². The molecule has 0 aromatic rings. The molecule has 0 bridgehead atoms. The molecule has 112 valence electrons. The number of hydrogen-bond acceptors (Lipinski definition) is 7. The summed E-state index contributed by atoms with van der Waals surface area (Å²) in [4.78, 5) is 44.3. The molecule has 2 atom stereocenters. The Kier molecular flexibility index (Phi) is 2.85. The van der Waals surface area contributed by atoms with E-state index in [1.54, 1.807) is 23.0 Å². The van der Waals surface area contributed by atoms with E-state index in [0.717, 1.165) is 5.70 Å². The van der Waals surface area contributed by atoms with Gasteiger partial charge >= 0.3 is 12.0 Å². The molecule has 0 spiro atoms. The summed E-state index contributed by atoms with van der Waals surface area (Å²) >= 11 is 0. The van der Waals surface area contributed by atoms with Crippen LogP contribution in [-0.4, -0.2) is 71.5 Å². The maximum Gasteiger partial charge on any atom is 0.325 e. The lowest BCUT2D eigenvalue weighted by atomic mass is 10.1. The molecule has 0 radical (unpaired) electrons. The van der Waals surface area contributed by atoms with Crippen molar-refractivity contribution >= 4 is 23.9 Å². The minimum Gasteiger partial charge on any atom is -0.468 e. The van der Waals surface area contributed by atoms with Gasteiger partial charge in [0, 0.05) is 18.9 Å². The smallest absolute Gasteiger partial charge is 0.325 e. The topological polar surface area (TPSA) is 94.5 Å². The minimum atomic E-state index is -0.611. The highest BCUT2D eigenvalue weighted by Gasteiger charge is 2.51. The second-order valence-corrected chi connectivity index (χ2v) is 5.03. The number of carbonyl (C=O) groups is 3. The number of likely N-dealkylation sites (N-methyl/N-ethyl adjacent to an activating group) is 1. The molecule has 3 heterocycles. The Hall–Kier alpha value is -2.58. The summed E-state index contributed by atoms with van der Waals surface area (Å²) in [6, 6.07) is -1.09. The van der Waals surface area contributed by atoms with Crippen molar-refractivity contribution in [2.24, 2.45) is 4.99 Å². The molecule has 3 aliphatic rings. The number of imide groups is 1. The summed E-state index contributed by atoms with van der Waals surface area (Å²) in [5, 5.41) is 2.29. The quantitative estimate of drug-likeness (QED) is 0.648. The highest BCUT2D eigenvalue weighted by molar-refractivity contribution is 6.05. The number of methoxy groups -OCH3 is 1. The number of nitrogens with zero attached hydrogens (tertiary/aromatic N) is 4. The van der Waals surface area contributed by atoms with Gasteiger partial charge in [0.25, 0.3) is 5.91 Å². The zero-order chi connectivity index (χ0) is 15.3. The fraction of sp³-hybridized carbons (Fsp3) is 0.500. The van der Waals surface area contributed by atoms with Crippen molar-refractivity contribution in [2.75, 3.05) is 20.7 Å². The fourth-order valence-corrected chi connectivity index (χ4v) is 2.64. The first-order chi connectivity index (χ1) is 9.93. The van der Waals surface area contributed by atoms with Gasteiger partial charge in [-0.15, -0.1) is 0 Å². The highest BCUT2D eigenvalue weighted by atomic mass is 16.5.